The zero-order chi connectivity index (χ0) is 17.7. The quantitative estimate of drug-likeness (QED) is 0.776. The first-order chi connectivity index (χ1) is 11.2. The zero-order valence-corrected chi connectivity index (χ0v) is 15.6. The van der Waals surface area contributed by atoms with Crippen molar-refractivity contribution in [2.45, 2.75) is 50.3 Å². The van der Waals surface area contributed by atoms with Crippen LogP contribution in [0.5, 0.6) is 0 Å². The van der Waals surface area contributed by atoms with E-state index in [0.29, 0.717) is 21.9 Å². The van der Waals surface area contributed by atoms with Crippen molar-refractivity contribution in [3.63, 3.8) is 0 Å². The third-order valence-electron chi connectivity index (χ3n) is 2.78. The molecule has 1 aromatic heterocycles. The molecular weight excluding hydrogens is 350 g/mol. The first-order valence-corrected chi connectivity index (χ1v) is 8.79. The maximum Gasteiger partial charge on any atom is 0.408 e. The fraction of sp³-hybridized carbons (Fsp3) is 0.438. The molecule has 0 saturated carbocycles. The summed E-state index contributed by atoms with van der Waals surface area (Å²) in [5, 5.41) is 11.7. The molecule has 2 rings (SSSR count). The van der Waals surface area contributed by atoms with Gasteiger partial charge in [0.25, 0.3) is 5.22 Å². The van der Waals surface area contributed by atoms with Crippen molar-refractivity contribution >= 4 is 29.5 Å². The number of thioether (sulfide) groups is 1. The molecule has 0 saturated heterocycles. The molecular formula is C16H20ClN3O3S. The monoisotopic (exact) mass is 369 g/mol. The average molecular weight is 370 g/mol. The molecule has 0 fully saturated rings. The Bertz CT molecular complexity index is 700. The number of benzene rings is 1. The maximum absolute atomic E-state index is 11.8. The number of carbonyl (C=O) groups is 1. The van der Waals surface area contributed by atoms with Gasteiger partial charge < -0.3 is 14.5 Å². The molecule has 0 spiro atoms. The van der Waals surface area contributed by atoms with Crippen molar-refractivity contribution in [2.24, 2.45) is 0 Å². The van der Waals surface area contributed by atoms with Gasteiger partial charge in [-0.15, -0.1) is 10.2 Å². The number of halogens is 1. The summed E-state index contributed by atoms with van der Waals surface area (Å²) >= 11 is 7.36. The Balaban J connectivity index is 1.89. The average Bonchev–Trinajstić information content (AvgIpc) is 2.92. The summed E-state index contributed by atoms with van der Waals surface area (Å²) in [4.78, 5) is 11.8. The van der Waals surface area contributed by atoms with Crippen LogP contribution in [0.3, 0.4) is 0 Å². The van der Waals surface area contributed by atoms with E-state index in [4.69, 9.17) is 20.8 Å². The van der Waals surface area contributed by atoms with Crippen LogP contribution < -0.4 is 5.32 Å². The lowest BCUT2D eigenvalue weighted by molar-refractivity contribution is 0.0500. The van der Waals surface area contributed by atoms with Gasteiger partial charge >= 0.3 is 6.09 Å². The molecule has 8 heteroatoms. The van der Waals surface area contributed by atoms with Crippen LogP contribution in [0.25, 0.3) is 0 Å². The third kappa shape index (κ3) is 6.05. The topological polar surface area (TPSA) is 77.2 Å². The number of nitrogens with one attached hydrogen (secondary N) is 1. The van der Waals surface area contributed by atoms with E-state index in [9.17, 15) is 4.79 Å². The van der Waals surface area contributed by atoms with Crippen LogP contribution in [0.1, 0.15) is 45.2 Å². The first kappa shape index (κ1) is 18.6. The molecule has 1 aromatic carbocycles. The molecule has 1 atom stereocenters. The largest absolute Gasteiger partial charge is 0.444 e. The van der Waals surface area contributed by atoms with Crippen LogP contribution in [0.15, 0.2) is 33.9 Å². The van der Waals surface area contributed by atoms with E-state index in [1.165, 1.54) is 11.8 Å². The van der Waals surface area contributed by atoms with Gasteiger partial charge in [-0.05, 0) is 45.4 Å². The van der Waals surface area contributed by atoms with Crippen LogP contribution in [0, 0.1) is 0 Å². The van der Waals surface area contributed by atoms with Gasteiger partial charge in [0.15, 0.2) is 0 Å². The lowest BCUT2D eigenvalue weighted by atomic mass is 10.2. The molecule has 6 nitrogen and oxygen atoms in total. The SMILES string of the molecule is C[C@H](NC(=O)OC(C)(C)C)c1nnc(SCc2cccc(Cl)c2)o1. The lowest BCUT2D eigenvalue weighted by Crippen LogP contribution is -2.34. The Labute approximate surface area is 150 Å². The molecule has 0 bridgehead atoms. The smallest absolute Gasteiger partial charge is 0.408 e. The second-order valence-corrected chi connectivity index (χ2v) is 7.56. The summed E-state index contributed by atoms with van der Waals surface area (Å²) in [6.45, 7) is 7.15. The van der Waals surface area contributed by atoms with Gasteiger partial charge in [0.05, 0.1) is 0 Å². The highest BCUT2D eigenvalue weighted by atomic mass is 35.5. The third-order valence-corrected chi connectivity index (χ3v) is 3.90. The Kier molecular flexibility index (Phi) is 6.12. The van der Waals surface area contributed by atoms with Gasteiger partial charge in [0.1, 0.15) is 11.6 Å². The molecule has 2 aromatic rings. The van der Waals surface area contributed by atoms with E-state index in [1.54, 1.807) is 27.7 Å². The van der Waals surface area contributed by atoms with E-state index in [2.05, 4.69) is 15.5 Å². The van der Waals surface area contributed by atoms with Crippen LogP contribution >= 0.6 is 23.4 Å². The summed E-state index contributed by atoms with van der Waals surface area (Å²) < 4.78 is 10.8. The van der Waals surface area contributed by atoms with Crippen LogP contribution in [0.2, 0.25) is 5.02 Å². The molecule has 0 aliphatic rings. The summed E-state index contributed by atoms with van der Waals surface area (Å²) in [7, 11) is 0. The minimum absolute atomic E-state index is 0.328. The van der Waals surface area contributed by atoms with E-state index >= 15 is 0 Å². The number of rotatable bonds is 5. The summed E-state index contributed by atoms with van der Waals surface area (Å²) in [5.41, 5.74) is 0.503. The van der Waals surface area contributed by atoms with Crippen LogP contribution in [-0.2, 0) is 10.5 Å². The number of amides is 1. The number of aromatic nitrogens is 2. The van der Waals surface area contributed by atoms with Crippen LogP contribution in [-0.4, -0.2) is 21.9 Å². The normalized spacial score (nSPS) is 12.7. The van der Waals surface area contributed by atoms with Gasteiger partial charge in [-0.2, -0.15) is 0 Å². The second-order valence-electron chi connectivity index (χ2n) is 6.19. The number of alkyl carbamates (subject to hydrolysis) is 1. The summed E-state index contributed by atoms with van der Waals surface area (Å²) in [6.07, 6.45) is -0.527. The Hall–Kier alpha value is -1.73. The predicted molar refractivity (Wildman–Crippen MR) is 93.1 cm³/mol. The van der Waals surface area contributed by atoms with Gasteiger partial charge in [-0.3, -0.25) is 0 Å². The van der Waals surface area contributed by atoms with E-state index in [1.807, 2.05) is 24.3 Å². The molecule has 1 heterocycles. The Morgan fingerprint density at radius 1 is 1.42 bits per heavy atom. The van der Waals surface area contributed by atoms with E-state index < -0.39 is 17.7 Å². The molecule has 130 valence electrons. The Morgan fingerprint density at radius 2 is 2.17 bits per heavy atom. The summed E-state index contributed by atoms with van der Waals surface area (Å²) in [6, 6.07) is 7.14. The molecule has 0 aliphatic carbocycles. The Morgan fingerprint density at radius 3 is 2.83 bits per heavy atom. The van der Waals surface area contributed by atoms with Gasteiger partial charge in [0, 0.05) is 10.8 Å². The molecule has 1 N–H and O–H groups in total. The maximum atomic E-state index is 11.8. The minimum Gasteiger partial charge on any atom is -0.444 e. The van der Waals surface area contributed by atoms with Crippen molar-refractivity contribution in [2.75, 3.05) is 0 Å². The number of hydrogen-bond donors (Lipinski definition) is 1. The van der Waals surface area contributed by atoms with Gasteiger partial charge in [-0.1, -0.05) is 35.5 Å². The van der Waals surface area contributed by atoms with Gasteiger partial charge in [0.2, 0.25) is 5.89 Å². The van der Waals surface area contributed by atoms with Crippen molar-refractivity contribution in [3.05, 3.63) is 40.7 Å². The van der Waals surface area contributed by atoms with Crippen molar-refractivity contribution in [1.82, 2.24) is 15.5 Å². The highest BCUT2D eigenvalue weighted by Crippen LogP contribution is 2.24. The molecule has 0 radical (unpaired) electrons. The molecule has 1 amide bonds. The zero-order valence-electron chi connectivity index (χ0n) is 14.0. The van der Waals surface area contributed by atoms with E-state index in [0.717, 1.165) is 5.56 Å². The summed E-state index contributed by atoms with van der Waals surface area (Å²) in [5.74, 6) is 0.991. The fourth-order valence-corrected chi connectivity index (χ4v) is 2.70. The van der Waals surface area contributed by atoms with E-state index in [-0.39, 0.29) is 0 Å². The molecule has 0 unspecified atom stereocenters. The van der Waals surface area contributed by atoms with Crippen molar-refractivity contribution in [3.8, 4) is 0 Å². The highest BCUT2D eigenvalue weighted by molar-refractivity contribution is 7.98. The number of nitrogens with zero attached hydrogens (tertiary/aromatic N) is 2. The fourth-order valence-electron chi connectivity index (χ4n) is 1.77. The van der Waals surface area contributed by atoms with Crippen molar-refractivity contribution in [1.29, 1.82) is 0 Å². The second kappa shape index (κ2) is 7.90. The number of carbonyl (C=O) groups excluding carboxylic acids is 1. The lowest BCUT2D eigenvalue weighted by Gasteiger charge is -2.20. The minimum atomic E-state index is -0.559. The standard InChI is InChI=1S/C16H20ClN3O3S/c1-10(18-14(21)23-16(2,3)4)13-19-20-15(22-13)24-9-11-6-5-7-12(17)8-11/h5-8,10H,9H2,1-4H3,(H,18,21)/t10-/m0/s1. The van der Waals surface area contributed by atoms with Gasteiger partial charge in [-0.25, -0.2) is 4.79 Å². The first-order valence-electron chi connectivity index (χ1n) is 7.43. The number of ether oxygens (including phenoxy) is 1. The predicted octanol–water partition coefficient (Wildman–Crippen LogP) is 4.60. The highest BCUT2D eigenvalue weighted by Gasteiger charge is 2.21. The molecule has 24 heavy (non-hydrogen) atoms. The van der Waals surface area contributed by atoms with Crippen LogP contribution in [0.4, 0.5) is 4.79 Å². The molecule has 0 aliphatic heterocycles. The van der Waals surface area contributed by atoms with Crippen molar-refractivity contribution < 1.29 is 13.9 Å². The number of hydrogen-bond acceptors (Lipinski definition) is 6.